The molecule has 0 heterocycles. The molecule has 0 amide bonds. The summed E-state index contributed by atoms with van der Waals surface area (Å²) in [5, 5.41) is 9.64. The smallest absolute Gasteiger partial charge is 0.0575 e. The molecule has 1 saturated carbocycles. The van der Waals surface area contributed by atoms with Crippen molar-refractivity contribution in [3.05, 3.63) is 0 Å². The van der Waals surface area contributed by atoms with Crippen molar-refractivity contribution in [2.24, 2.45) is 11.3 Å². The molecule has 14 heavy (non-hydrogen) atoms. The molecule has 1 rings (SSSR count). The number of hydrogen-bond acceptors (Lipinski definition) is 2. The highest BCUT2D eigenvalue weighted by molar-refractivity contribution is 4.87. The van der Waals surface area contributed by atoms with Gasteiger partial charge in [-0.2, -0.15) is 0 Å². The average Bonchev–Trinajstić information content (AvgIpc) is 2.84. The molecule has 1 aliphatic rings. The Bertz CT molecular complexity index is 185. The van der Waals surface area contributed by atoms with Gasteiger partial charge in [-0.25, -0.2) is 0 Å². The second kappa shape index (κ2) is 4.19. The highest BCUT2D eigenvalue weighted by Gasteiger charge is 2.33. The first kappa shape index (κ1) is 12.0. The number of hydrogen-bond donors (Lipinski definition) is 1. The molecule has 2 unspecified atom stereocenters. The Hall–Kier alpha value is -0.0800. The minimum Gasteiger partial charge on any atom is -0.393 e. The first-order valence-corrected chi connectivity index (χ1v) is 5.73. The summed E-state index contributed by atoms with van der Waals surface area (Å²) in [6.45, 7) is 9.43. The van der Waals surface area contributed by atoms with Crippen molar-refractivity contribution in [3.8, 4) is 0 Å². The number of aliphatic hydroxyl groups excluding tert-OH is 1. The Morgan fingerprint density at radius 2 is 1.86 bits per heavy atom. The standard InChI is InChI=1S/C12H25NO/c1-9(11-6-7-11)13(5)8-12(3,4)10(2)14/h9-11,14H,6-8H2,1-5H3. The fourth-order valence-corrected chi connectivity index (χ4v) is 1.86. The average molecular weight is 199 g/mol. The van der Waals surface area contributed by atoms with Crippen LogP contribution in [0, 0.1) is 11.3 Å². The summed E-state index contributed by atoms with van der Waals surface area (Å²) in [5.74, 6) is 0.907. The SMILES string of the molecule is CC(C1CC1)N(C)CC(C)(C)C(C)O. The fourth-order valence-electron chi connectivity index (χ4n) is 1.86. The summed E-state index contributed by atoms with van der Waals surface area (Å²) in [5.41, 5.74) is -0.00208. The molecule has 0 aromatic heterocycles. The number of rotatable bonds is 5. The van der Waals surface area contributed by atoms with Crippen LogP contribution in [0.5, 0.6) is 0 Å². The van der Waals surface area contributed by atoms with Crippen molar-refractivity contribution >= 4 is 0 Å². The van der Waals surface area contributed by atoms with Crippen LogP contribution in [0.15, 0.2) is 0 Å². The van der Waals surface area contributed by atoms with Gasteiger partial charge in [0, 0.05) is 18.0 Å². The first-order chi connectivity index (χ1) is 6.34. The molecular formula is C12H25NO. The van der Waals surface area contributed by atoms with E-state index in [0.717, 1.165) is 12.5 Å². The largest absolute Gasteiger partial charge is 0.393 e. The van der Waals surface area contributed by atoms with Gasteiger partial charge in [-0.3, -0.25) is 0 Å². The van der Waals surface area contributed by atoms with E-state index in [1.54, 1.807) is 0 Å². The summed E-state index contributed by atoms with van der Waals surface area (Å²) in [6, 6.07) is 0.674. The lowest BCUT2D eigenvalue weighted by molar-refractivity contribution is 0.0299. The molecule has 2 heteroatoms. The molecule has 0 radical (unpaired) electrons. The van der Waals surface area contributed by atoms with Gasteiger partial charge in [-0.15, -0.1) is 0 Å². The van der Waals surface area contributed by atoms with Crippen molar-refractivity contribution < 1.29 is 5.11 Å². The lowest BCUT2D eigenvalue weighted by Gasteiger charge is -2.35. The van der Waals surface area contributed by atoms with Crippen LogP contribution in [0.4, 0.5) is 0 Å². The molecular weight excluding hydrogens is 174 g/mol. The van der Waals surface area contributed by atoms with Crippen LogP contribution in [0.2, 0.25) is 0 Å². The molecule has 2 atom stereocenters. The Labute approximate surface area is 88.3 Å². The second-order valence-corrected chi connectivity index (χ2v) is 5.66. The first-order valence-electron chi connectivity index (χ1n) is 5.73. The van der Waals surface area contributed by atoms with Crippen LogP contribution < -0.4 is 0 Å². The van der Waals surface area contributed by atoms with Gasteiger partial charge in [0.15, 0.2) is 0 Å². The van der Waals surface area contributed by atoms with E-state index in [-0.39, 0.29) is 11.5 Å². The van der Waals surface area contributed by atoms with Crippen LogP contribution in [0.3, 0.4) is 0 Å². The molecule has 2 nitrogen and oxygen atoms in total. The van der Waals surface area contributed by atoms with Gasteiger partial charge in [0.1, 0.15) is 0 Å². The lowest BCUT2D eigenvalue weighted by Crippen LogP contribution is -2.42. The Morgan fingerprint density at radius 3 is 2.21 bits per heavy atom. The lowest BCUT2D eigenvalue weighted by atomic mass is 9.86. The maximum Gasteiger partial charge on any atom is 0.0575 e. The molecule has 0 spiro atoms. The van der Waals surface area contributed by atoms with E-state index >= 15 is 0 Å². The van der Waals surface area contributed by atoms with E-state index < -0.39 is 0 Å². The number of nitrogens with zero attached hydrogens (tertiary/aromatic N) is 1. The monoisotopic (exact) mass is 199 g/mol. The molecule has 0 bridgehead atoms. The Balaban J connectivity index is 2.41. The maximum atomic E-state index is 9.64. The molecule has 84 valence electrons. The summed E-state index contributed by atoms with van der Waals surface area (Å²) < 4.78 is 0. The number of aliphatic hydroxyl groups is 1. The molecule has 0 aromatic rings. The third kappa shape index (κ3) is 2.96. The van der Waals surface area contributed by atoms with Gasteiger partial charge < -0.3 is 10.0 Å². The third-order valence-corrected chi connectivity index (χ3v) is 3.79. The normalized spacial score (nSPS) is 22.5. The van der Waals surface area contributed by atoms with Crippen molar-refractivity contribution in [2.45, 2.75) is 52.7 Å². The summed E-state index contributed by atoms with van der Waals surface area (Å²) in [7, 11) is 2.17. The van der Waals surface area contributed by atoms with Crippen molar-refractivity contribution in [3.63, 3.8) is 0 Å². The van der Waals surface area contributed by atoms with Crippen LogP contribution in [0.25, 0.3) is 0 Å². The zero-order chi connectivity index (χ0) is 10.9. The minimum atomic E-state index is -0.239. The zero-order valence-corrected chi connectivity index (χ0v) is 10.2. The highest BCUT2D eigenvalue weighted by atomic mass is 16.3. The zero-order valence-electron chi connectivity index (χ0n) is 10.2. The Kier molecular flexibility index (Phi) is 3.59. The summed E-state index contributed by atoms with van der Waals surface area (Å²) >= 11 is 0. The van der Waals surface area contributed by atoms with Crippen LogP contribution in [-0.2, 0) is 0 Å². The molecule has 0 aliphatic heterocycles. The van der Waals surface area contributed by atoms with E-state index in [1.807, 2.05) is 6.92 Å². The van der Waals surface area contributed by atoms with Crippen LogP contribution in [0.1, 0.15) is 40.5 Å². The summed E-state index contributed by atoms with van der Waals surface area (Å²) in [6.07, 6.45) is 2.54. The van der Waals surface area contributed by atoms with Crippen molar-refractivity contribution in [1.82, 2.24) is 4.90 Å². The van der Waals surface area contributed by atoms with Crippen molar-refractivity contribution in [1.29, 1.82) is 0 Å². The van der Waals surface area contributed by atoms with Crippen molar-refractivity contribution in [2.75, 3.05) is 13.6 Å². The van der Waals surface area contributed by atoms with Gasteiger partial charge in [0.05, 0.1) is 6.10 Å². The topological polar surface area (TPSA) is 23.5 Å². The molecule has 1 N–H and O–H groups in total. The van der Waals surface area contributed by atoms with Gasteiger partial charge >= 0.3 is 0 Å². The maximum absolute atomic E-state index is 9.64. The van der Waals surface area contributed by atoms with E-state index in [2.05, 4.69) is 32.7 Å². The van der Waals surface area contributed by atoms with E-state index in [1.165, 1.54) is 12.8 Å². The third-order valence-electron chi connectivity index (χ3n) is 3.79. The molecule has 0 saturated heterocycles. The van der Waals surface area contributed by atoms with Gasteiger partial charge in [-0.05, 0) is 39.7 Å². The van der Waals surface area contributed by atoms with Gasteiger partial charge in [0.25, 0.3) is 0 Å². The van der Waals surface area contributed by atoms with E-state index in [4.69, 9.17) is 0 Å². The molecule has 1 fully saturated rings. The second-order valence-electron chi connectivity index (χ2n) is 5.66. The van der Waals surface area contributed by atoms with Crippen LogP contribution in [-0.4, -0.2) is 35.7 Å². The predicted octanol–water partition coefficient (Wildman–Crippen LogP) is 2.12. The van der Waals surface area contributed by atoms with Gasteiger partial charge in [0.2, 0.25) is 0 Å². The predicted molar refractivity (Wildman–Crippen MR) is 60.3 cm³/mol. The minimum absolute atomic E-state index is 0.00208. The van der Waals surface area contributed by atoms with E-state index in [9.17, 15) is 5.11 Å². The van der Waals surface area contributed by atoms with E-state index in [0.29, 0.717) is 6.04 Å². The summed E-state index contributed by atoms with van der Waals surface area (Å²) in [4.78, 5) is 2.39. The Morgan fingerprint density at radius 1 is 1.36 bits per heavy atom. The van der Waals surface area contributed by atoms with Gasteiger partial charge in [-0.1, -0.05) is 13.8 Å². The van der Waals surface area contributed by atoms with Crippen LogP contribution >= 0.6 is 0 Å². The molecule has 1 aliphatic carbocycles. The quantitative estimate of drug-likeness (QED) is 0.733. The fraction of sp³-hybridized carbons (Fsp3) is 1.00. The molecule has 0 aromatic carbocycles. The highest BCUT2D eigenvalue weighted by Crippen LogP contribution is 2.35.